The molecule has 0 saturated heterocycles. The summed E-state index contributed by atoms with van der Waals surface area (Å²) < 4.78 is 1.89. The van der Waals surface area contributed by atoms with Crippen molar-refractivity contribution >= 4 is 17.3 Å². The van der Waals surface area contributed by atoms with Crippen LogP contribution in [-0.2, 0) is 13.1 Å². The molecular formula is C8H14N4S. The molecule has 0 bridgehead atoms. The van der Waals surface area contributed by atoms with Crippen LogP contribution in [0.4, 0.5) is 0 Å². The van der Waals surface area contributed by atoms with Crippen molar-refractivity contribution in [3.8, 4) is 0 Å². The minimum atomic E-state index is 0.657. The number of aryl methyl sites for hydroxylation is 1. The van der Waals surface area contributed by atoms with E-state index in [0.717, 1.165) is 18.7 Å². The maximum absolute atomic E-state index is 4.94. The molecule has 1 rings (SSSR count). The molecule has 2 N–H and O–H groups in total. The highest BCUT2D eigenvalue weighted by atomic mass is 32.1. The largest absolute Gasteiger partial charge is 0.366 e. The lowest BCUT2D eigenvalue weighted by molar-refractivity contribution is 0.659. The van der Waals surface area contributed by atoms with E-state index >= 15 is 0 Å². The van der Waals surface area contributed by atoms with Gasteiger partial charge in [0.15, 0.2) is 5.11 Å². The van der Waals surface area contributed by atoms with Crippen LogP contribution in [0.5, 0.6) is 0 Å². The fraction of sp³-hybridized carbons (Fsp3) is 0.500. The molecule has 0 aliphatic heterocycles. The van der Waals surface area contributed by atoms with Crippen molar-refractivity contribution in [3.63, 3.8) is 0 Å². The van der Waals surface area contributed by atoms with Gasteiger partial charge in [-0.05, 0) is 19.1 Å². The van der Waals surface area contributed by atoms with Gasteiger partial charge in [0.2, 0.25) is 0 Å². The fourth-order valence-electron chi connectivity index (χ4n) is 0.941. The summed E-state index contributed by atoms with van der Waals surface area (Å²) >= 11 is 4.94. The first kappa shape index (κ1) is 9.98. The summed E-state index contributed by atoms with van der Waals surface area (Å²) in [5, 5.41) is 10.7. The molecular weight excluding hydrogens is 184 g/mol. The molecule has 0 saturated carbocycles. The summed E-state index contributed by atoms with van der Waals surface area (Å²) in [6, 6.07) is 0. The van der Waals surface area contributed by atoms with E-state index in [1.807, 2.05) is 17.1 Å². The molecule has 13 heavy (non-hydrogen) atoms. The third kappa shape index (κ3) is 3.02. The first-order valence-electron chi connectivity index (χ1n) is 4.23. The molecule has 0 radical (unpaired) electrons. The lowest BCUT2D eigenvalue weighted by Gasteiger charge is -2.03. The van der Waals surface area contributed by atoms with E-state index in [1.54, 1.807) is 7.05 Å². The molecule has 1 aromatic rings. The molecule has 0 aromatic carbocycles. The third-order valence-electron chi connectivity index (χ3n) is 1.69. The van der Waals surface area contributed by atoms with Crippen molar-refractivity contribution in [1.29, 1.82) is 0 Å². The van der Waals surface area contributed by atoms with E-state index in [2.05, 4.69) is 22.7 Å². The Balaban J connectivity index is 2.41. The van der Waals surface area contributed by atoms with Crippen LogP contribution in [0.15, 0.2) is 12.4 Å². The van der Waals surface area contributed by atoms with Gasteiger partial charge in [-0.2, -0.15) is 5.10 Å². The van der Waals surface area contributed by atoms with Crippen LogP contribution < -0.4 is 10.6 Å². The molecule has 0 atom stereocenters. The van der Waals surface area contributed by atoms with E-state index in [-0.39, 0.29) is 0 Å². The molecule has 1 heterocycles. The Morgan fingerprint density at radius 1 is 1.69 bits per heavy atom. The Bertz CT molecular complexity index is 281. The first-order chi connectivity index (χ1) is 6.26. The third-order valence-corrected chi connectivity index (χ3v) is 2.04. The summed E-state index contributed by atoms with van der Waals surface area (Å²) in [5.74, 6) is 0. The van der Waals surface area contributed by atoms with Crippen LogP contribution in [0.3, 0.4) is 0 Å². The summed E-state index contributed by atoms with van der Waals surface area (Å²) in [7, 11) is 1.80. The van der Waals surface area contributed by atoms with Crippen LogP contribution in [-0.4, -0.2) is 21.9 Å². The average Bonchev–Trinajstić information content (AvgIpc) is 2.61. The van der Waals surface area contributed by atoms with Crippen molar-refractivity contribution in [3.05, 3.63) is 18.0 Å². The smallest absolute Gasteiger partial charge is 0.166 e. The second-order valence-electron chi connectivity index (χ2n) is 2.64. The average molecular weight is 198 g/mol. The Hall–Kier alpha value is -1.10. The lowest BCUT2D eigenvalue weighted by Crippen LogP contribution is -2.31. The van der Waals surface area contributed by atoms with Crippen molar-refractivity contribution < 1.29 is 0 Å². The van der Waals surface area contributed by atoms with Gasteiger partial charge in [-0.1, -0.05) is 0 Å². The number of hydrogen-bond donors (Lipinski definition) is 2. The van der Waals surface area contributed by atoms with E-state index < -0.39 is 0 Å². The quantitative estimate of drug-likeness (QED) is 0.694. The zero-order valence-corrected chi connectivity index (χ0v) is 8.69. The predicted molar refractivity (Wildman–Crippen MR) is 56.4 cm³/mol. The van der Waals surface area contributed by atoms with Gasteiger partial charge in [0.25, 0.3) is 0 Å². The van der Waals surface area contributed by atoms with Gasteiger partial charge in [0.1, 0.15) is 0 Å². The highest BCUT2D eigenvalue weighted by Gasteiger charge is 1.97. The number of hydrogen-bond acceptors (Lipinski definition) is 2. The molecule has 5 heteroatoms. The van der Waals surface area contributed by atoms with Crippen LogP contribution >= 0.6 is 12.2 Å². The normalized spacial score (nSPS) is 9.69. The van der Waals surface area contributed by atoms with Gasteiger partial charge < -0.3 is 10.6 Å². The van der Waals surface area contributed by atoms with Crippen LogP contribution in [0.1, 0.15) is 12.5 Å². The van der Waals surface area contributed by atoms with Gasteiger partial charge in [-0.3, -0.25) is 4.68 Å². The topological polar surface area (TPSA) is 41.9 Å². The first-order valence-corrected chi connectivity index (χ1v) is 4.64. The molecule has 4 nitrogen and oxygen atoms in total. The van der Waals surface area contributed by atoms with Crippen molar-refractivity contribution in [2.24, 2.45) is 0 Å². The highest BCUT2D eigenvalue weighted by Crippen LogP contribution is 1.96. The molecule has 0 aliphatic rings. The molecule has 1 aromatic heterocycles. The number of aromatic nitrogens is 2. The van der Waals surface area contributed by atoms with Gasteiger partial charge in [0, 0.05) is 31.9 Å². The van der Waals surface area contributed by atoms with Gasteiger partial charge in [0.05, 0.1) is 6.20 Å². The summed E-state index contributed by atoms with van der Waals surface area (Å²) in [5.41, 5.74) is 1.14. The number of nitrogens with zero attached hydrogens (tertiary/aromatic N) is 2. The van der Waals surface area contributed by atoms with Crippen LogP contribution in [0.25, 0.3) is 0 Å². The van der Waals surface area contributed by atoms with Crippen LogP contribution in [0.2, 0.25) is 0 Å². The van der Waals surface area contributed by atoms with Crippen molar-refractivity contribution in [1.82, 2.24) is 20.4 Å². The minimum Gasteiger partial charge on any atom is -0.366 e. The summed E-state index contributed by atoms with van der Waals surface area (Å²) in [6.07, 6.45) is 3.85. The number of rotatable bonds is 3. The van der Waals surface area contributed by atoms with E-state index in [1.165, 1.54) is 0 Å². The lowest BCUT2D eigenvalue weighted by atomic mass is 10.4. The standard InChI is InChI=1S/C8H14N4S/c1-3-12-6-7(5-11-12)4-10-8(13)9-2/h5-6H,3-4H2,1-2H3,(H2,9,10,13). The van der Waals surface area contributed by atoms with E-state index in [9.17, 15) is 0 Å². The van der Waals surface area contributed by atoms with Crippen molar-refractivity contribution in [2.45, 2.75) is 20.0 Å². The van der Waals surface area contributed by atoms with Gasteiger partial charge >= 0.3 is 0 Å². The Kier molecular flexibility index (Phi) is 3.70. The molecule has 0 fully saturated rings. The molecule has 0 spiro atoms. The molecule has 0 unspecified atom stereocenters. The zero-order valence-electron chi connectivity index (χ0n) is 7.87. The van der Waals surface area contributed by atoms with Gasteiger partial charge in [-0.25, -0.2) is 0 Å². The van der Waals surface area contributed by atoms with Gasteiger partial charge in [-0.15, -0.1) is 0 Å². The number of thiocarbonyl (C=S) groups is 1. The SMILES string of the molecule is CCn1cc(CNC(=S)NC)cn1. The number of nitrogens with one attached hydrogen (secondary N) is 2. The molecule has 0 amide bonds. The molecule has 72 valence electrons. The second-order valence-corrected chi connectivity index (χ2v) is 3.05. The highest BCUT2D eigenvalue weighted by molar-refractivity contribution is 7.80. The van der Waals surface area contributed by atoms with Crippen molar-refractivity contribution in [2.75, 3.05) is 7.05 Å². The Morgan fingerprint density at radius 2 is 2.46 bits per heavy atom. The minimum absolute atomic E-state index is 0.657. The molecule has 0 aliphatic carbocycles. The van der Waals surface area contributed by atoms with E-state index in [0.29, 0.717) is 5.11 Å². The van der Waals surface area contributed by atoms with E-state index in [4.69, 9.17) is 12.2 Å². The summed E-state index contributed by atoms with van der Waals surface area (Å²) in [6.45, 7) is 3.68. The summed E-state index contributed by atoms with van der Waals surface area (Å²) in [4.78, 5) is 0. The zero-order chi connectivity index (χ0) is 9.68. The Labute approximate surface area is 83.3 Å². The predicted octanol–water partition coefficient (Wildman–Crippen LogP) is 0.497. The fourth-order valence-corrected chi connectivity index (χ4v) is 1.01. The monoisotopic (exact) mass is 198 g/mol. The maximum atomic E-state index is 4.94. The maximum Gasteiger partial charge on any atom is 0.166 e. The van der Waals surface area contributed by atoms with Crippen LogP contribution in [0, 0.1) is 0 Å². The Morgan fingerprint density at radius 3 is 3.00 bits per heavy atom. The second kappa shape index (κ2) is 4.81.